The fourth-order valence-corrected chi connectivity index (χ4v) is 2.65. The van der Waals surface area contributed by atoms with E-state index in [2.05, 4.69) is 4.98 Å². The van der Waals surface area contributed by atoms with Gasteiger partial charge in [-0.25, -0.2) is 4.98 Å². The van der Waals surface area contributed by atoms with Crippen molar-refractivity contribution in [2.24, 2.45) is 0 Å². The van der Waals surface area contributed by atoms with Gasteiger partial charge in [-0.05, 0) is 47.9 Å². The van der Waals surface area contributed by atoms with Gasteiger partial charge in [-0.3, -0.25) is 10.1 Å². The molecule has 4 nitrogen and oxygen atoms in total. The quantitative estimate of drug-likeness (QED) is 0.458. The second-order valence-electron chi connectivity index (χ2n) is 4.17. The van der Waals surface area contributed by atoms with E-state index in [4.69, 9.17) is 0 Å². The number of benzene rings is 1. The predicted molar refractivity (Wildman–Crippen MR) is 89.8 cm³/mol. The smallest absolute Gasteiger partial charge is 0.258 e. The molecule has 0 fully saturated rings. The lowest BCUT2D eigenvalue weighted by Crippen LogP contribution is -1.87. The van der Waals surface area contributed by atoms with Gasteiger partial charge in [-0.1, -0.05) is 12.2 Å². The van der Waals surface area contributed by atoms with Crippen LogP contribution in [0.25, 0.3) is 12.2 Å². The molecule has 0 amide bonds. The molecule has 108 valence electrons. The van der Waals surface area contributed by atoms with Crippen LogP contribution in [-0.4, -0.2) is 22.4 Å². The van der Waals surface area contributed by atoms with Crippen LogP contribution < -0.4 is 0 Å². The summed E-state index contributed by atoms with van der Waals surface area (Å²) in [5.74, 6) is 0. The third kappa shape index (κ3) is 4.34. The Morgan fingerprint density at radius 2 is 1.52 bits per heavy atom. The molecule has 2 rings (SSSR count). The summed E-state index contributed by atoms with van der Waals surface area (Å²) in [4.78, 5) is 14.7. The third-order valence-electron chi connectivity index (χ3n) is 2.79. The Kier molecular flexibility index (Phi) is 5.41. The van der Waals surface area contributed by atoms with Gasteiger partial charge in [0.1, 0.15) is 0 Å². The number of non-ortho nitro benzene ring substituents is 1. The van der Waals surface area contributed by atoms with Gasteiger partial charge < -0.3 is 0 Å². The number of thioether (sulfide) groups is 2. The van der Waals surface area contributed by atoms with E-state index in [0.717, 1.165) is 21.2 Å². The van der Waals surface area contributed by atoms with Gasteiger partial charge in [0.2, 0.25) is 0 Å². The van der Waals surface area contributed by atoms with E-state index in [0.29, 0.717) is 0 Å². The topological polar surface area (TPSA) is 56.0 Å². The fourth-order valence-electron chi connectivity index (χ4n) is 1.70. The molecule has 0 aliphatic rings. The lowest BCUT2D eigenvalue weighted by atomic mass is 10.1. The average Bonchev–Trinajstić information content (AvgIpc) is 2.52. The van der Waals surface area contributed by atoms with Crippen molar-refractivity contribution in [1.82, 2.24) is 4.98 Å². The zero-order valence-corrected chi connectivity index (χ0v) is 13.3. The highest BCUT2D eigenvalue weighted by Gasteiger charge is 2.03. The summed E-state index contributed by atoms with van der Waals surface area (Å²) in [5.41, 5.74) is 2.09. The van der Waals surface area contributed by atoms with Crippen LogP contribution in [0, 0.1) is 10.1 Å². The summed E-state index contributed by atoms with van der Waals surface area (Å²) in [6.45, 7) is 0. The zero-order valence-electron chi connectivity index (χ0n) is 11.6. The van der Waals surface area contributed by atoms with Gasteiger partial charge in [-0.2, -0.15) is 0 Å². The number of pyridine rings is 1. The fraction of sp³-hybridized carbons (Fsp3) is 0.133. The summed E-state index contributed by atoms with van der Waals surface area (Å²) in [5, 5.41) is 12.6. The first-order valence-corrected chi connectivity index (χ1v) is 8.60. The Labute approximate surface area is 131 Å². The highest BCUT2D eigenvalue weighted by Crippen LogP contribution is 2.22. The number of rotatable bonds is 5. The van der Waals surface area contributed by atoms with Crippen molar-refractivity contribution in [1.29, 1.82) is 0 Å². The average molecular weight is 318 g/mol. The SMILES string of the molecule is CSc1cc(/C=C/c2ccc([N+](=O)[O-])cc2)cc(SC)n1. The van der Waals surface area contributed by atoms with Crippen LogP contribution in [0.5, 0.6) is 0 Å². The number of aromatic nitrogens is 1. The molecule has 2 aromatic rings. The van der Waals surface area contributed by atoms with Crippen LogP contribution in [0.3, 0.4) is 0 Å². The molecule has 0 unspecified atom stereocenters. The Balaban J connectivity index is 2.22. The van der Waals surface area contributed by atoms with E-state index in [1.54, 1.807) is 35.7 Å². The van der Waals surface area contributed by atoms with Crippen LogP contribution in [0.4, 0.5) is 5.69 Å². The molecule has 0 N–H and O–H groups in total. The van der Waals surface area contributed by atoms with Gasteiger partial charge in [0.15, 0.2) is 0 Å². The molecule has 0 aliphatic heterocycles. The minimum atomic E-state index is -0.397. The molecule has 0 spiro atoms. The molecular weight excluding hydrogens is 304 g/mol. The minimum absolute atomic E-state index is 0.102. The molecule has 21 heavy (non-hydrogen) atoms. The van der Waals surface area contributed by atoms with Gasteiger partial charge in [0.25, 0.3) is 5.69 Å². The number of nitro groups is 1. The lowest BCUT2D eigenvalue weighted by molar-refractivity contribution is -0.384. The van der Waals surface area contributed by atoms with Gasteiger partial charge in [0, 0.05) is 12.1 Å². The summed E-state index contributed by atoms with van der Waals surface area (Å²) in [6.07, 6.45) is 7.92. The Morgan fingerprint density at radius 1 is 1.00 bits per heavy atom. The largest absolute Gasteiger partial charge is 0.269 e. The molecule has 1 aromatic heterocycles. The van der Waals surface area contributed by atoms with Crippen molar-refractivity contribution in [3.05, 3.63) is 57.6 Å². The number of hydrogen-bond acceptors (Lipinski definition) is 5. The Hall–Kier alpha value is -1.79. The third-order valence-corrected chi connectivity index (χ3v) is 4.05. The van der Waals surface area contributed by atoms with Crippen LogP contribution in [-0.2, 0) is 0 Å². The molecule has 1 aromatic carbocycles. The highest BCUT2D eigenvalue weighted by molar-refractivity contribution is 7.99. The Morgan fingerprint density at radius 3 is 2.00 bits per heavy atom. The van der Waals surface area contributed by atoms with Gasteiger partial charge in [-0.15, -0.1) is 23.5 Å². The molecule has 0 bridgehead atoms. The molecule has 0 atom stereocenters. The van der Waals surface area contributed by atoms with E-state index in [1.165, 1.54) is 12.1 Å². The van der Waals surface area contributed by atoms with E-state index >= 15 is 0 Å². The number of nitro benzene ring substituents is 1. The minimum Gasteiger partial charge on any atom is -0.258 e. The van der Waals surface area contributed by atoms with Crippen molar-refractivity contribution in [3.63, 3.8) is 0 Å². The summed E-state index contributed by atoms with van der Waals surface area (Å²) < 4.78 is 0. The van der Waals surface area contributed by atoms with Crippen LogP contribution >= 0.6 is 23.5 Å². The maximum Gasteiger partial charge on any atom is 0.269 e. The molecule has 0 radical (unpaired) electrons. The molecule has 0 saturated heterocycles. The molecule has 0 saturated carbocycles. The van der Waals surface area contributed by atoms with Gasteiger partial charge >= 0.3 is 0 Å². The predicted octanol–water partition coefficient (Wildman–Crippen LogP) is 4.60. The zero-order chi connectivity index (χ0) is 15.2. The monoisotopic (exact) mass is 318 g/mol. The maximum absolute atomic E-state index is 10.6. The number of hydrogen-bond donors (Lipinski definition) is 0. The molecule has 0 aliphatic carbocycles. The van der Waals surface area contributed by atoms with Crippen molar-refractivity contribution in [2.75, 3.05) is 12.5 Å². The second-order valence-corrected chi connectivity index (χ2v) is 5.82. The molecule has 6 heteroatoms. The van der Waals surface area contributed by atoms with Crippen LogP contribution in [0.1, 0.15) is 11.1 Å². The standard InChI is InChI=1S/C15H14N2O2S2/c1-20-14-9-12(10-15(16-14)21-2)4-3-11-5-7-13(8-6-11)17(18)19/h3-10H,1-2H3/b4-3+. The maximum atomic E-state index is 10.6. The van der Waals surface area contributed by atoms with Gasteiger partial charge in [0.05, 0.1) is 15.0 Å². The van der Waals surface area contributed by atoms with Crippen LogP contribution in [0.2, 0.25) is 0 Å². The first-order valence-electron chi connectivity index (χ1n) is 6.15. The summed E-state index contributed by atoms with van der Waals surface area (Å²) in [6, 6.07) is 10.5. The second kappa shape index (κ2) is 7.28. The Bertz CT molecular complexity index is 648. The summed E-state index contributed by atoms with van der Waals surface area (Å²) in [7, 11) is 0. The van der Waals surface area contributed by atoms with E-state index in [9.17, 15) is 10.1 Å². The summed E-state index contributed by atoms with van der Waals surface area (Å²) >= 11 is 3.21. The highest BCUT2D eigenvalue weighted by atomic mass is 32.2. The number of nitrogens with zero attached hydrogens (tertiary/aromatic N) is 2. The first kappa shape index (κ1) is 15.6. The first-order chi connectivity index (χ1) is 10.1. The normalized spacial score (nSPS) is 11.0. The van der Waals surface area contributed by atoms with Crippen molar-refractivity contribution < 1.29 is 4.92 Å². The van der Waals surface area contributed by atoms with Crippen molar-refractivity contribution in [2.45, 2.75) is 10.1 Å². The van der Waals surface area contributed by atoms with Crippen LogP contribution in [0.15, 0.2) is 46.5 Å². The van der Waals surface area contributed by atoms with E-state index in [-0.39, 0.29) is 5.69 Å². The molecule has 1 heterocycles. The molecular formula is C15H14N2O2S2. The van der Waals surface area contributed by atoms with Crippen molar-refractivity contribution >= 4 is 41.4 Å². The van der Waals surface area contributed by atoms with Crippen molar-refractivity contribution in [3.8, 4) is 0 Å². The van der Waals surface area contributed by atoms with E-state index < -0.39 is 4.92 Å². The van der Waals surface area contributed by atoms with E-state index in [1.807, 2.05) is 36.8 Å². The lowest BCUT2D eigenvalue weighted by Gasteiger charge is -2.02.